The van der Waals surface area contributed by atoms with Gasteiger partial charge in [0.15, 0.2) is 0 Å². The van der Waals surface area contributed by atoms with E-state index < -0.39 is 33.2 Å². The van der Waals surface area contributed by atoms with Crippen molar-refractivity contribution in [3.05, 3.63) is 29.6 Å². The Kier molecular flexibility index (Phi) is 5.17. The van der Waals surface area contributed by atoms with Crippen molar-refractivity contribution in [2.45, 2.75) is 30.9 Å². The van der Waals surface area contributed by atoms with E-state index >= 15 is 0 Å². The van der Waals surface area contributed by atoms with E-state index in [1.165, 1.54) is 13.8 Å². The molecule has 0 amide bonds. The van der Waals surface area contributed by atoms with Crippen LogP contribution in [-0.2, 0) is 15.0 Å². The maximum atomic E-state index is 12.4. The van der Waals surface area contributed by atoms with Gasteiger partial charge in [0.25, 0.3) is 0 Å². The number of carbonyl (C=O) groups is 1. The van der Waals surface area contributed by atoms with Crippen LogP contribution in [0, 0.1) is 0 Å². The molecule has 0 aliphatic carbocycles. The fourth-order valence-electron chi connectivity index (χ4n) is 2.68. The van der Waals surface area contributed by atoms with E-state index in [0.29, 0.717) is 5.56 Å². The quantitative estimate of drug-likeness (QED) is 0.507. The molecule has 1 saturated heterocycles. The molecule has 0 spiro atoms. The number of nitrogens with zero attached hydrogens (tertiary/aromatic N) is 1. The molecule has 0 radical (unpaired) electrons. The second kappa shape index (κ2) is 6.53. The first-order valence-corrected chi connectivity index (χ1v) is 8.94. The van der Waals surface area contributed by atoms with Crippen LogP contribution >= 0.6 is 0 Å². The third kappa shape index (κ3) is 4.01. The van der Waals surface area contributed by atoms with E-state index in [4.69, 9.17) is 5.73 Å². The van der Waals surface area contributed by atoms with Crippen LogP contribution in [0.4, 0.5) is 0 Å². The van der Waals surface area contributed by atoms with Crippen LogP contribution in [0.25, 0.3) is 0 Å². The standard InChI is InChI=1S/C14H22BN3O5S/c1-13(2,21)8-17-24(22,23)18-7-11(10-4-3-5-15-6-10)14(16,9-18)12(19)20/h3-6,11,17,21H,7-9,16H2,1-2H3,(H,19,20). The van der Waals surface area contributed by atoms with Gasteiger partial charge in [-0.15, -0.1) is 0 Å². The molecule has 0 saturated carbocycles. The second-order valence-electron chi connectivity index (χ2n) is 6.74. The third-order valence-corrected chi connectivity index (χ3v) is 5.54. The van der Waals surface area contributed by atoms with Crippen molar-refractivity contribution in [1.29, 1.82) is 0 Å². The minimum atomic E-state index is -3.96. The van der Waals surface area contributed by atoms with Crippen LogP contribution < -0.4 is 10.5 Å². The van der Waals surface area contributed by atoms with E-state index in [-0.39, 0.29) is 19.6 Å². The van der Waals surface area contributed by atoms with Crippen molar-refractivity contribution in [3.8, 4) is 0 Å². The normalized spacial score (nSPS) is 25.6. The molecule has 1 aromatic rings. The molecule has 24 heavy (non-hydrogen) atoms. The van der Waals surface area contributed by atoms with Crippen LogP contribution in [0.5, 0.6) is 0 Å². The average Bonchev–Trinajstić information content (AvgIpc) is 2.86. The maximum absolute atomic E-state index is 12.4. The Hall–Kier alpha value is -1.33. The van der Waals surface area contributed by atoms with Crippen molar-refractivity contribution >= 4 is 23.1 Å². The summed E-state index contributed by atoms with van der Waals surface area (Å²) < 4.78 is 28.2. The van der Waals surface area contributed by atoms with Gasteiger partial charge >= 0.3 is 141 Å². The molecular weight excluding hydrogens is 333 g/mol. The van der Waals surface area contributed by atoms with E-state index in [1.807, 2.05) is 0 Å². The van der Waals surface area contributed by atoms with E-state index in [0.717, 1.165) is 4.31 Å². The number of nitrogens with two attached hydrogens (primary N) is 1. The SMILES string of the molecule is CC(C)(O)CNS(=O)(=O)N1CC(c2cbccc2)C(N)(C(=O)O)C1. The Morgan fingerprint density at radius 2 is 2.25 bits per heavy atom. The van der Waals surface area contributed by atoms with Gasteiger partial charge in [0.05, 0.1) is 0 Å². The zero-order valence-electron chi connectivity index (χ0n) is 13.6. The van der Waals surface area contributed by atoms with Crippen LogP contribution in [0.1, 0.15) is 25.3 Å². The summed E-state index contributed by atoms with van der Waals surface area (Å²) in [6.45, 7) is 4.11. The summed E-state index contributed by atoms with van der Waals surface area (Å²) in [7, 11) is -3.96. The number of aliphatic carboxylic acids is 1. The second-order valence-corrected chi connectivity index (χ2v) is 8.50. The first kappa shape index (κ1) is 19.0. The summed E-state index contributed by atoms with van der Waals surface area (Å²) in [6, 6.07) is 3.48. The number of rotatable bonds is 6. The molecule has 1 aliphatic rings. The predicted octanol–water partition coefficient (Wildman–Crippen LogP) is -1.19. The van der Waals surface area contributed by atoms with E-state index in [1.54, 1.807) is 31.0 Å². The molecule has 1 aromatic heterocycles. The van der Waals surface area contributed by atoms with Gasteiger partial charge in [0.2, 0.25) is 0 Å². The van der Waals surface area contributed by atoms with Crippen molar-refractivity contribution in [3.63, 3.8) is 0 Å². The van der Waals surface area contributed by atoms with Gasteiger partial charge in [0.1, 0.15) is 0 Å². The minimum absolute atomic E-state index is 0.0476. The molecule has 2 unspecified atom stereocenters. The summed E-state index contributed by atoms with van der Waals surface area (Å²) in [4.78, 5) is 11.7. The summed E-state index contributed by atoms with van der Waals surface area (Å²) in [5.74, 6) is 1.60. The molecule has 2 rings (SSSR count). The molecule has 0 aromatic carbocycles. The van der Waals surface area contributed by atoms with E-state index in [9.17, 15) is 23.4 Å². The number of nitrogens with one attached hydrogen (secondary N) is 1. The predicted molar refractivity (Wildman–Crippen MR) is 89.9 cm³/mol. The van der Waals surface area contributed by atoms with Crippen molar-refractivity contribution in [2.24, 2.45) is 5.73 Å². The molecule has 0 bridgehead atoms. The molecular formula is C14H22BN3O5S. The number of carboxylic acid groups (broad SMARTS) is 1. The van der Waals surface area contributed by atoms with Gasteiger partial charge < -0.3 is 0 Å². The molecule has 10 heteroatoms. The molecule has 1 fully saturated rings. The molecule has 2 heterocycles. The molecule has 5 N–H and O–H groups in total. The first-order chi connectivity index (χ1) is 11.0. The summed E-state index contributed by atoms with van der Waals surface area (Å²) in [5, 5.41) is 19.2. The summed E-state index contributed by atoms with van der Waals surface area (Å²) in [6.07, 6.45) is 0. The van der Waals surface area contributed by atoms with Gasteiger partial charge in [-0.1, -0.05) is 0 Å². The van der Waals surface area contributed by atoms with Gasteiger partial charge in [-0.3, -0.25) is 0 Å². The Bertz CT molecular complexity index is 707. The summed E-state index contributed by atoms with van der Waals surface area (Å²) >= 11 is 0. The molecule has 2 atom stereocenters. The number of carboxylic acids is 1. The van der Waals surface area contributed by atoms with Crippen LogP contribution in [0.15, 0.2) is 24.1 Å². The Balaban J connectivity index is 2.28. The Morgan fingerprint density at radius 3 is 2.75 bits per heavy atom. The number of hydrogen-bond acceptors (Lipinski definition) is 5. The first-order valence-electron chi connectivity index (χ1n) is 7.50. The summed E-state index contributed by atoms with van der Waals surface area (Å²) in [5.41, 5.74) is 3.79. The molecule has 8 nitrogen and oxygen atoms in total. The van der Waals surface area contributed by atoms with Crippen molar-refractivity contribution < 1.29 is 23.4 Å². The zero-order valence-corrected chi connectivity index (χ0v) is 14.5. The third-order valence-electron chi connectivity index (χ3n) is 4.07. The van der Waals surface area contributed by atoms with Crippen molar-refractivity contribution in [2.75, 3.05) is 19.6 Å². The van der Waals surface area contributed by atoms with Crippen LogP contribution in [0.2, 0.25) is 0 Å². The fourth-order valence-corrected chi connectivity index (χ4v) is 4.13. The van der Waals surface area contributed by atoms with E-state index in [2.05, 4.69) is 4.72 Å². The monoisotopic (exact) mass is 355 g/mol. The van der Waals surface area contributed by atoms with Gasteiger partial charge in [0, 0.05) is 0 Å². The van der Waals surface area contributed by atoms with Crippen LogP contribution in [0.3, 0.4) is 0 Å². The van der Waals surface area contributed by atoms with Gasteiger partial charge in [-0.05, 0) is 0 Å². The zero-order chi connectivity index (χ0) is 18.2. The molecule has 1 aliphatic heterocycles. The Morgan fingerprint density at radius 1 is 1.58 bits per heavy atom. The number of aliphatic hydroxyl groups is 1. The Labute approximate surface area is 142 Å². The fraction of sp³-hybridized carbons (Fsp3) is 0.571. The van der Waals surface area contributed by atoms with Gasteiger partial charge in [-0.2, -0.15) is 0 Å². The average molecular weight is 355 g/mol. The molecule has 132 valence electrons. The number of hydrogen-bond donors (Lipinski definition) is 4. The van der Waals surface area contributed by atoms with Gasteiger partial charge in [-0.25, -0.2) is 0 Å². The van der Waals surface area contributed by atoms with Crippen molar-refractivity contribution in [1.82, 2.24) is 9.03 Å². The topological polar surface area (TPSA) is 133 Å². The van der Waals surface area contributed by atoms with Crippen LogP contribution in [-0.4, -0.2) is 66.6 Å².